The molecule has 8 heteroatoms. The van der Waals surface area contributed by atoms with E-state index in [4.69, 9.17) is 5.73 Å². The molecule has 5 nitrogen and oxygen atoms in total. The molecular formula is C13H17F3N4O. The summed E-state index contributed by atoms with van der Waals surface area (Å²) in [5, 5.41) is 6.07. The molecule has 1 aromatic rings. The summed E-state index contributed by atoms with van der Waals surface area (Å²) < 4.78 is 38.0. The summed E-state index contributed by atoms with van der Waals surface area (Å²) in [6.45, 7) is 1.38. The first-order valence-electron chi connectivity index (χ1n) is 6.73. The van der Waals surface area contributed by atoms with Crippen molar-refractivity contribution < 1.29 is 18.0 Å². The highest BCUT2D eigenvalue weighted by molar-refractivity contribution is 5.97. The average Bonchev–Trinajstić information content (AvgIpc) is 2.90. The van der Waals surface area contributed by atoms with E-state index in [2.05, 4.69) is 15.6 Å². The number of carbonyl (C=O) groups excluding carboxylic acids is 1. The Morgan fingerprint density at radius 1 is 1.48 bits per heavy atom. The number of halogens is 3. The lowest BCUT2D eigenvalue weighted by atomic mass is 10.1. The summed E-state index contributed by atoms with van der Waals surface area (Å²) >= 11 is 0. The lowest BCUT2D eigenvalue weighted by Gasteiger charge is -2.14. The molecule has 0 bridgehead atoms. The first-order chi connectivity index (χ1) is 9.88. The second kappa shape index (κ2) is 6.30. The van der Waals surface area contributed by atoms with Gasteiger partial charge in [0, 0.05) is 12.6 Å². The van der Waals surface area contributed by atoms with Gasteiger partial charge in [-0.05, 0) is 37.9 Å². The van der Waals surface area contributed by atoms with Gasteiger partial charge in [0.2, 0.25) is 0 Å². The van der Waals surface area contributed by atoms with Gasteiger partial charge in [0.15, 0.2) is 0 Å². The fourth-order valence-electron chi connectivity index (χ4n) is 2.32. The molecule has 2 heterocycles. The van der Waals surface area contributed by atoms with Crippen LogP contribution in [0.5, 0.6) is 0 Å². The van der Waals surface area contributed by atoms with Crippen LogP contribution in [0.3, 0.4) is 0 Å². The van der Waals surface area contributed by atoms with E-state index in [1.54, 1.807) is 0 Å². The highest BCUT2D eigenvalue weighted by atomic mass is 19.4. The first kappa shape index (κ1) is 15.6. The van der Waals surface area contributed by atoms with E-state index in [0.29, 0.717) is 12.6 Å². The molecule has 1 aromatic heterocycles. The fraction of sp³-hybridized carbons (Fsp3) is 0.538. The fourth-order valence-corrected chi connectivity index (χ4v) is 2.32. The summed E-state index contributed by atoms with van der Waals surface area (Å²) in [5.41, 5.74) is 4.07. The summed E-state index contributed by atoms with van der Waals surface area (Å²) in [7, 11) is 0. The third-order valence-electron chi connectivity index (χ3n) is 3.40. The van der Waals surface area contributed by atoms with Crippen molar-refractivity contribution >= 4 is 11.7 Å². The van der Waals surface area contributed by atoms with Crippen LogP contribution in [0.25, 0.3) is 0 Å². The Hall–Kier alpha value is -1.83. The number of nitrogens with one attached hydrogen (secondary N) is 2. The van der Waals surface area contributed by atoms with Crippen molar-refractivity contribution in [2.75, 3.05) is 18.4 Å². The third-order valence-corrected chi connectivity index (χ3v) is 3.40. The molecule has 1 aliphatic rings. The minimum Gasteiger partial charge on any atom is -0.369 e. The molecule has 1 aliphatic heterocycles. The molecule has 1 fully saturated rings. The first-order valence-corrected chi connectivity index (χ1v) is 6.73. The van der Waals surface area contributed by atoms with E-state index in [1.807, 2.05) is 0 Å². The molecule has 21 heavy (non-hydrogen) atoms. The van der Waals surface area contributed by atoms with E-state index < -0.39 is 17.8 Å². The van der Waals surface area contributed by atoms with Crippen LogP contribution in [0.1, 0.15) is 35.3 Å². The number of carbonyl (C=O) groups is 1. The number of primary amides is 1. The third kappa shape index (κ3) is 4.07. The quantitative estimate of drug-likeness (QED) is 0.774. The number of rotatable bonds is 5. The number of hydrogen-bond donors (Lipinski definition) is 3. The Labute approximate surface area is 120 Å². The second-order valence-corrected chi connectivity index (χ2v) is 4.96. The maximum Gasteiger partial charge on any atom is 0.433 e. The van der Waals surface area contributed by atoms with E-state index in [0.717, 1.165) is 37.9 Å². The summed E-state index contributed by atoms with van der Waals surface area (Å²) in [6.07, 6.45) is -1.67. The minimum absolute atomic E-state index is 0.0395. The predicted molar refractivity (Wildman–Crippen MR) is 71.9 cm³/mol. The van der Waals surface area contributed by atoms with Crippen LogP contribution in [0.2, 0.25) is 0 Å². The van der Waals surface area contributed by atoms with Crippen LogP contribution in [0, 0.1) is 0 Å². The van der Waals surface area contributed by atoms with Crippen LogP contribution in [-0.2, 0) is 6.18 Å². The zero-order chi connectivity index (χ0) is 15.5. The van der Waals surface area contributed by atoms with Gasteiger partial charge < -0.3 is 16.4 Å². The molecule has 0 aliphatic carbocycles. The molecule has 1 saturated heterocycles. The molecule has 1 atom stereocenters. The van der Waals surface area contributed by atoms with Crippen LogP contribution >= 0.6 is 0 Å². The predicted octanol–water partition coefficient (Wildman–Crippen LogP) is 1.75. The molecule has 0 radical (unpaired) electrons. The second-order valence-electron chi connectivity index (χ2n) is 4.96. The Morgan fingerprint density at radius 3 is 2.81 bits per heavy atom. The molecular weight excluding hydrogens is 285 g/mol. The Balaban J connectivity index is 2.08. The number of anilines is 1. The van der Waals surface area contributed by atoms with E-state index >= 15 is 0 Å². The minimum atomic E-state index is -4.56. The number of nitrogens with two attached hydrogens (primary N) is 1. The van der Waals surface area contributed by atoms with Crippen molar-refractivity contribution in [2.45, 2.75) is 31.5 Å². The summed E-state index contributed by atoms with van der Waals surface area (Å²) in [5.74, 6) is -0.923. The lowest BCUT2D eigenvalue weighted by molar-refractivity contribution is -0.141. The smallest absolute Gasteiger partial charge is 0.369 e. The van der Waals surface area contributed by atoms with Gasteiger partial charge in [0.05, 0.1) is 5.56 Å². The molecule has 0 saturated carbocycles. The number of pyridine rings is 1. The van der Waals surface area contributed by atoms with Crippen molar-refractivity contribution in [2.24, 2.45) is 5.73 Å². The number of nitrogens with zero attached hydrogens (tertiary/aromatic N) is 1. The van der Waals surface area contributed by atoms with Crippen LogP contribution in [0.15, 0.2) is 12.1 Å². The highest BCUT2D eigenvalue weighted by Gasteiger charge is 2.33. The van der Waals surface area contributed by atoms with Crippen molar-refractivity contribution in [1.29, 1.82) is 0 Å². The number of aromatic nitrogens is 1. The Kier molecular flexibility index (Phi) is 4.66. The number of amides is 1. The molecule has 1 amide bonds. The normalized spacial score (nSPS) is 18.7. The van der Waals surface area contributed by atoms with Crippen molar-refractivity contribution in [3.05, 3.63) is 23.4 Å². The van der Waals surface area contributed by atoms with Gasteiger partial charge in [-0.3, -0.25) is 4.79 Å². The average molecular weight is 302 g/mol. The Morgan fingerprint density at radius 2 is 2.24 bits per heavy atom. The van der Waals surface area contributed by atoms with Crippen LogP contribution < -0.4 is 16.4 Å². The van der Waals surface area contributed by atoms with Gasteiger partial charge in [-0.15, -0.1) is 0 Å². The van der Waals surface area contributed by atoms with Gasteiger partial charge in [-0.25, -0.2) is 4.98 Å². The molecule has 0 unspecified atom stereocenters. The molecule has 116 valence electrons. The van der Waals surface area contributed by atoms with Crippen LogP contribution in [0.4, 0.5) is 19.0 Å². The number of hydrogen-bond acceptors (Lipinski definition) is 4. The lowest BCUT2D eigenvalue weighted by Crippen LogP contribution is -2.25. The summed E-state index contributed by atoms with van der Waals surface area (Å²) in [4.78, 5) is 14.7. The van der Waals surface area contributed by atoms with Crippen molar-refractivity contribution in [1.82, 2.24) is 10.3 Å². The molecule has 0 aromatic carbocycles. The van der Waals surface area contributed by atoms with Gasteiger partial charge in [0.25, 0.3) is 5.91 Å². The van der Waals surface area contributed by atoms with Crippen molar-refractivity contribution in [3.8, 4) is 0 Å². The van der Waals surface area contributed by atoms with E-state index in [1.165, 1.54) is 0 Å². The van der Waals surface area contributed by atoms with Crippen LogP contribution in [-0.4, -0.2) is 30.0 Å². The maximum atomic E-state index is 12.7. The zero-order valence-electron chi connectivity index (χ0n) is 11.3. The SMILES string of the molecule is NC(=O)c1ccc(C(F)(F)F)nc1NCC[C@@H]1CCCN1. The molecule has 2 rings (SSSR count). The van der Waals surface area contributed by atoms with Gasteiger partial charge in [-0.2, -0.15) is 13.2 Å². The topological polar surface area (TPSA) is 80.0 Å². The van der Waals surface area contributed by atoms with Gasteiger partial charge >= 0.3 is 6.18 Å². The summed E-state index contributed by atoms with van der Waals surface area (Å²) in [6, 6.07) is 2.15. The standard InChI is InChI=1S/C13H17F3N4O/c14-13(15,16)10-4-3-9(11(17)21)12(20-10)19-7-5-8-2-1-6-18-8/h3-4,8,18H,1-2,5-7H2,(H2,17,21)(H,19,20)/t8-/m0/s1. The van der Waals surface area contributed by atoms with Gasteiger partial charge in [-0.1, -0.05) is 0 Å². The van der Waals surface area contributed by atoms with Crippen molar-refractivity contribution in [3.63, 3.8) is 0 Å². The maximum absolute atomic E-state index is 12.7. The zero-order valence-corrected chi connectivity index (χ0v) is 11.3. The molecule has 4 N–H and O–H groups in total. The number of alkyl halides is 3. The Bertz CT molecular complexity index is 513. The highest BCUT2D eigenvalue weighted by Crippen LogP contribution is 2.29. The van der Waals surface area contributed by atoms with Gasteiger partial charge in [0.1, 0.15) is 11.5 Å². The largest absolute Gasteiger partial charge is 0.433 e. The molecule has 0 spiro atoms. The monoisotopic (exact) mass is 302 g/mol. The van der Waals surface area contributed by atoms with E-state index in [-0.39, 0.29) is 11.4 Å². The van der Waals surface area contributed by atoms with E-state index in [9.17, 15) is 18.0 Å².